The fraction of sp³-hybridized carbons (Fsp3) is 0.0500. The lowest BCUT2D eigenvalue weighted by Gasteiger charge is -2.26. The van der Waals surface area contributed by atoms with Crippen molar-refractivity contribution in [2.75, 3.05) is 16.9 Å². The molecular formula is C20H19N3. The summed E-state index contributed by atoms with van der Waals surface area (Å²) in [4.78, 5) is 1.96. The summed E-state index contributed by atoms with van der Waals surface area (Å²) in [5.41, 5.74) is 2.92. The van der Waals surface area contributed by atoms with Crippen molar-refractivity contribution >= 4 is 17.2 Å². The molecule has 0 heterocycles. The second kappa shape index (κ2) is 7.27. The molecule has 3 nitrogen and oxygen atoms in total. The van der Waals surface area contributed by atoms with Gasteiger partial charge in [0.15, 0.2) is 0 Å². The van der Waals surface area contributed by atoms with Crippen molar-refractivity contribution in [1.29, 1.82) is 5.41 Å². The predicted molar refractivity (Wildman–Crippen MR) is 97.1 cm³/mol. The molecule has 0 saturated heterocycles. The molecule has 0 radical (unpaired) electrons. The minimum atomic E-state index is 0.472. The van der Waals surface area contributed by atoms with Crippen molar-refractivity contribution in [2.24, 2.45) is 0 Å². The SMILES string of the molecule is N=C(c1ccccc1)N(CNc1ccccc1)c1ccccc1. The highest BCUT2D eigenvalue weighted by atomic mass is 15.3. The molecule has 114 valence electrons. The van der Waals surface area contributed by atoms with Crippen molar-refractivity contribution < 1.29 is 0 Å². The van der Waals surface area contributed by atoms with Crippen molar-refractivity contribution in [3.05, 3.63) is 96.6 Å². The average molecular weight is 301 g/mol. The molecule has 0 spiro atoms. The molecule has 3 heteroatoms. The molecule has 0 atom stereocenters. The summed E-state index contributed by atoms with van der Waals surface area (Å²) in [6, 6.07) is 29.8. The summed E-state index contributed by atoms with van der Waals surface area (Å²) in [6.45, 7) is 0.530. The fourth-order valence-electron chi connectivity index (χ4n) is 2.39. The van der Waals surface area contributed by atoms with E-state index in [1.165, 1.54) is 0 Å². The minimum absolute atomic E-state index is 0.472. The molecule has 0 amide bonds. The lowest BCUT2D eigenvalue weighted by molar-refractivity contribution is 1.05. The normalized spacial score (nSPS) is 10.1. The van der Waals surface area contributed by atoms with E-state index in [1.54, 1.807) is 0 Å². The van der Waals surface area contributed by atoms with Gasteiger partial charge in [-0.3, -0.25) is 5.41 Å². The summed E-state index contributed by atoms with van der Waals surface area (Å²) in [7, 11) is 0. The number of hydrogen-bond donors (Lipinski definition) is 2. The Kier molecular flexibility index (Phi) is 4.69. The molecule has 0 aliphatic heterocycles. The van der Waals surface area contributed by atoms with Crippen LogP contribution in [0.1, 0.15) is 5.56 Å². The van der Waals surface area contributed by atoms with Gasteiger partial charge >= 0.3 is 0 Å². The monoisotopic (exact) mass is 301 g/mol. The molecule has 0 saturated carbocycles. The molecule has 0 aliphatic carbocycles. The average Bonchev–Trinajstić information content (AvgIpc) is 2.64. The highest BCUT2D eigenvalue weighted by Crippen LogP contribution is 2.17. The van der Waals surface area contributed by atoms with Gasteiger partial charge < -0.3 is 10.2 Å². The third-order valence-electron chi connectivity index (χ3n) is 3.60. The van der Waals surface area contributed by atoms with Crippen LogP contribution in [0.2, 0.25) is 0 Å². The van der Waals surface area contributed by atoms with Gasteiger partial charge in [0.05, 0.1) is 6.67 Å². The van der Waals surface area contributed by atoms with Crippen LogP contribution < -0.4 is 10.2 Å². The molecular weight excluding hydrogens is 282 g/mol. The Bertz CT molecular complexity index is 740. The third-order valence-corrected chi connectivity index (χ3v) is 3.60. The molecule has 0 aromatic heterocycles. The molecule has 3 aromatic rings. The maximum atomic E-state index is 8.58. The lowest BCUT2D eigenvalue weighted by Crippen LogP contribution is -2.35. The highest BCUT2D eigenvalue weighted by Gasteiger charge is 2.13. The zero-order valence-corrected chi connectivity index (χ0v) is 12.8. The van der Waals surface area contributed by atoms with Gasteiger partial charge in [-0.15, -0.1) is 0 Å². The summed E-state index contributed by atoms with van der Waals surface area (Å²) in [5, 5.41) is 12.0. The smallest absolute Gasteiger partial charge is 0.134 e. The van der Waals surface area contributed by atoms with Gasteiger partial charge in [0, 0.05) is 16.9 Å². The maximum absolute atomic E-state index is 8.58. The Hall–Kier alpha value is -3.07. The Morgan fingerprint density at radius 3 is 1.87 bits per heavy atom. The second-order valence-electron chi connectivity index (χ2n) is 5.18. The van der Waals surface area contributed by atoms with E-state index < -0.39 is 0 Å². The first-order valence-corrected chi connectivity index (χ1v) is 7.60. The maximum Gasteiger partial charge on any atom is 0.134 e. The van der Waals surface area contributed by atoms with Crippen LogP contribution in [-0.4, -0.2) is 12.5 Å². The number of anilines is 2. The van der Waals surface area contributed by atoms with E-state index >= 15 is 0 Å². The van der Waals surface area contributed by atoms with Crippen LogP contribution >= 0.6 is 0 Å². The Morgan fingerprint density at radius 2 is 1.26 bits per heavy atom. The van der Waals surface area contributed by atoms with Gasteiger partial charge in [-0.05, 0) is 24.3 Å². The van der Waals surface area contributed by atoms with E-state index in [-0.39, 0.29) is 0 Å². The predicted octanol–water partition coefficient (Wildman–Crippen LogP) is 4.59. The number of amidine groups is 1. The Labute approximate surface area is 136 Å². The fourth-order valence-corrected chi connectivity index (χ4v) is 2.39. The van der Waals surface area contributed by atoms with Gasteiger partial charge in [-0.1, -0.05) is 66.7 Å². The Balaban J connectivity index is 1.84. The van der Waals surface area contributed by atoms with E-state index in [9.17, 15) is 0 Å². The van der Waals surface area contributed by atoms with Crippen molar-refractivity contribution in [1.82, 2.24) is 0 Å². The number of benzene rings is 3. The van der Waals surface area contributed by atoms with Crippen LogP contribution in [0.5, 0.6) is 0 Å². The largest absolute Gasteiger partial charge is 0.367 e. The van der Waals surface area contributed by atoms with Crippen LogP contribution in [0.4, 0.5) is 11.4 Å². The van der Waals surface area contributed by atoms with E-state index in [0.717, 1.165) is 16.9 Å². The van der Waals surface area contributed by atoms with Crippen molar-refractivity contribution in [2.45, 2.75) is 0 Å². The van der Waals surface area contributed by atoms with Gasteiger partial charge in [0.1, 0.15) is 5.84 Å². The number of rotatable bonds is 5. The van der Waals surface area contributed by atoms with E-state index in [4.69, 9.17) is 5.41 Å². The third kappa shape index (κ3) is 3.77. The van der Waals surface area contributed by atoms with Crippen LogP contribution in [0, 0.1) is 5.41 Å². The quantitative estimate of drug-likeness (QED) is 0.411. The van der Waals surface area contributed by atoms with Crippen molar-refractivity contribution in [3.8, 4) is 0 Å². The standard InChI is InChI=1S/C20H19N3/c21-20(17-10-4-1-5-11-17)23(19-14-8-3-9-15-19)16-22-18-12-6-2-7-13-18/h1-15,21-22H,16H2. The molecule has 23 heavy (non-hydrogen) atoms. The first-order valence-electron chi connectivity index (χ1n) is 7.60. The lowest BCUT2D eigenvalue weighted by atomic mass is 10.2. The van der Waals surface area contributed by atoms with E-state index in [0.29, 0.717) is 12.5 Å². The molecule has 3 aromatic carbocycles. The Morgan fingerprint density at radius 1 is 0.739 bits per heavy atom. The zero-order valence-electron chi connectivity index (χ0n) is 12.8. The highest BCUT2D eigenvalue weighted by molar-refractivity contribution is 6.08. The van der Waals surface area contributed by atoms with E-state index in [2.05, 4.69) is 5.32 Å². The summed E-state index contributed by atoms with van der Waals surface area (Å²) < 4.78 is 0. The molecule has 0 bridgehead atoms. The first-order chi connectivity index (χ1) is 11.3. The number of nitrogens with zero attached hydrogens (tertiary/aromatic N) is 1. The molecule has 0 unspecified atom stereocenters. The van der Waals surface area contributed by atoms with Crippen LogP contribution in [-0.2, 0) is 0 Å². The van der Waals surface area contributed by atoms with E-state index in [1.807, 2.05) is 95.9 Å². The number of nitrogens with one attached hydrogen (secondary N) is 2. The van der Waals surface area contributed by atoms with Gasteiger partial charge in [0.2, 0.25) is 0 Å². The minimum Gasteiger partial charge on any atom is -0.367 e. The molecule has 3 rings (SSSR count). The number of para-hydroxylation sites is 2. The second-order valence-corrected chi connectivity index (χ2v) is 5.18. The van der Waals surface area contributed by atoms with Gasteiger partial charge in [0.25, 0.3) is 0 Å². The molecule has 2 N–H and O–H groups in total. The zero-order chi connectivity index (χ0) is 15.9. The summed E-state index contributed by atoms with van der Waals surface area (Å²) >= 11 is 0. The summed E-state index contributed by atoms with van der Waals surface area (Å²) in [6.07, 6.45) is 0. The van der Waals surface area contributed by atoms with Crippen LogP contribution in [0.3, 0.4) is 0 Å². The van der Waals surface area contributed by atoms with Gasteiger partial charge in [-0.25, -0.2) is 0 Å². The number of hydrogen-bond acceptors (Lipinski definition) is 2. The molecule has 0 fully saturated rings. The summed E-state index contributed by atoms with van der Waals surface area (Å²) in [5.74, 6) is 0.472. The first kappa shape index (κ1) is 14.9. The van der Waals surface area contributed by atoms with Gasteiger partial charge in [-0.2, -0.15) is 0 Å². The van der Waals surface area contributed by atoms with Crippen LogP contribution in [0.25, 0.3) is 0 Å². The van der Waals surface area contributed by atoms with Crippen molar-refractivity contribution in [3.63, 3.8) is 0 Å². The molecule has 0 aliphatic rings. The van der Waals surface area contributed by atoms with Crippen LogP contribution in [0.15, 0.2) is 91.0 Å². The topological polar surface area (TPSA) is 39.1 Å².